The molecule has 0 radical (unpaired) electrons. The number of nitrogen functional groups attached to an aromatic ring is 1. The van der Waals surface area contributed by atoms with Crippen LogP contribution < -0.4 is 11.1 Å². The summed E-state index contributed by atoms with van der Waals surface area (Å²) in [7, 11) is 1.86. The number of anilines is 1. The van der Waals surface area contributed by atoms with E-state index in [-0.39, 0.29) is 36.2 Å². The number of nitrogens with two attached hydrogens (primary N) is 1. The fourth-order valence-electron chi connectivity index (χ4n) is 9.88. The van der Waals surface area contributed by atoms with Gasteiger partial charge in [-0.1, -0.05) is 78.4 Å². The van der Waals surface area contributed by atoms with Crippen LogP contribution in [-0.4, -0.2) is 67.8 Å². The third kappa shape index (κ3) is 12.9. The number of carboxylic acid groups (broad SMARTS) is 1. The Hall–Kier alpha value is -2.72. The number of allylic oxidation sites excluding steroid dienone is 1. The van der Waals surface area contributed by atoms with Gasteiger partial charge in [-0.05, 0) is 130 Å². The number of carboxylic acids is 1. The highest BCUT2D eigenvalue weighted by molar-refractivity contribution is 5.70. The average molecular weight is 751 g/mol. The summed E-state index contributed by atoms with van der Waals surface area (Å²) in [4.78, 5) is 20.2. The third-order valence-electron chi connectivity index (χ3n) is 12.8. The molecule has 2 aromatic rings. The predicted molar refractivity (Wildman–Crippen MR) is 219 cm³/mol. The van der Waals surface area contributed by atoms with Gasteiger partial charge in [0.2, 0.25) is 0 Å². The molecule has 10 unspecified atom stereocenters. The van der Waals surface area contributed by atoms with Crippen molar-refractivity contribution in [2.75, 3.05) is 19.3 Å². The number of rotatable bonds is 24. The molecule has 0 bridgehead atoms. The van der Waals surface area contributed by atoms with Crippen molar-refractivity contribution in [1.82, 2.24) is 15.3 Å². The van der Waals surface area contributed by atoms with Gasteiger partial charge in [-0.15, -0.1) is 0 Å². The van der Waals surface area contributed by atoms with E-state index in [1.165, 1.54) is 24.8 Å². The first-order valence-corrected chi connectivity index (χ1v) is 21.3. The van der Waals surface area contributed by atoms with E-state index in [9.17, 15) is 25.2 Å². The fraction of sp³-hybridized carbons (Fsp3) is 0.733. The van der Waals surface area contributed by atoms with Crippen LogP contribution in [0.5, 0.6) is 0 Å². The monoisotopic (exact) mass is 751 g/mol. The number of hydrogen-bond acceptors (Lipinski definition) is 7. The zero-order valence-electron chi connectivity index (χ0n) is 34.1. The van der Waals surface area contributed by atoms with Gasteiger partial charge in [0, 0.05) is 36.5 Å². The molecule has 8 N–H and O–H groups in total. The number of aromatic amines is 1. The molecule has 304 valence electrons. The number of unbranched alkanes of at least 4 members (excludes halogenated alkanes) is 4. The van der Waals surface area contributed by atoms with Crippen LogP contribution in [0.25, 0.3) is 0 Å². The van der Waals surface area contributed by atoms with Gasteiger partial charge < -0.3 is 36.5 Å². The van der Waals surface area contributed by atoms with Gasteiger partial charge in [0.15, 0.2) is 0 Å². The van der Waals surface area contributed by atoms with Crippen molar-refractivity contribution in [2.45, 2.75) is 154 Å². The molecule has 10 atom stereocenters. The van der Waals surface area contributed by atoms with Crippen LogP contribution in [0.2, 0.25) is 0 Å². The topological polar surface area (TPSA) is 165 Å². The molecule has 0 amide bonds. The number of carbonyl (C=O) groups is 1. The Morgan fingerprint density at radius 2 is 1.83 bits per heavy atom. The molecule has 0 aromatic carbocycles. The van der Waals surface area contributed by atoms with Crippen molar-refractivity contribution < 1.29 is 25.2 Å². The van der Waals surface area contributed by atoms with Gasteiger partial charge in [0.25, 0.3) is 0 Å². The highest BCUT2D eigenvalue weighted by Crippen LogP contribution is 2.48. The Morgan fingerprint density at radius 3 is 2.52 bits per heavy atom. The molecule has 1 saturated carbocycles. The number of H-pyrrole nitrogens is 1. The zero-order valence-corrected chi connectivity index (χ0v) is 34.1. The first-order chi connectivity index (χ1) is 25.8. The molecule has 0 spiro atoms. The molecule has 0 saturated heterocycles. The molecule has 2 heterocycles. The highest BCUT2D eigenvalue weighted by Gasteiger charge is 2.51. The molecule has 54 heavy (non-hydrogen) atoms. The largest absolute Gasteiger partial charge is 0.481 e. The molecule has 0 aliphatic heterocycles. The quantitative estimate of drug-likeness (QED) is 0.0418. The van der Waals surface area contributed by atoms with E-state index in [2.05, 4.69) is 67.4 Å². The number of aromatic nitrogens is 2. The lowest BCUT2D eigenvalue weighted by Crippen LogP contribution is -2.48. The third-order valence-corrected chi connectivity index (χ3v) is 12.8. The van der Waals surface area contributed by atoms with Crippen LogP contribution in [0, 0.1) is 41.4 Å². The van der Waals surface area contributed by atoms with E-state index < -0.39 is 23.6 Å². The number of nitrogens with one attached hydrogen (secondary N) is 2. The molecule has 2 aliphatic rings. The summed E-state index contributed by atoms with van der Waals surface area (Å²) >= 11 is 0. The minimum atomic E-state index is -1.10. The Kier molecular flexibility index (Phi) is 17.6. The maximum absolute atomic E-state index is 12.8. The summed E-state index contributed by atoms with van der Waals surface area (Å²) < 4.78 is 0. The van der Waals surface area contributed by atoms with Crippen molar-refractivity contribution in [3.05, 3.63) is 59.6 Å². The van der Waals surface area contributed by atoms with E-state index in [4.69, 9.17) is 5.73 Å². The standard InChI is InChI=1S/C45H74N4O5/c1-6-7-9-12-32-15-16-35(41(50)22-32)13-10-8-11-14-40(44(52)53)42(51)26-38(29-47-5)45(54)27-34(20-33-17-18-48-43(46)23-33)21-37(45)25-39-24-36(28-49-39)31(4)19-30(2)3/h15-18,23-24,28,30-32,34-35,37-38,40-42,47,49-51,54H,6-14,19-22,25-27,29H2,1-5H3,(H2,46,48)(H,52,53). The Morgan fingerprint density at radius 1 is 1.06 bits per heavy atom. The molecular formula is C45H74N4O5. The molecular weight excluding hydrogens is 677 g/mol. The fourth-order valence-corrected chi connectivity index (χ4v) is 9.88. The number of aliphatic hydroxyl groups excluding tert-OH is 2. The van der Waals surface area contributed by atoms with Crippen molar-refractivity contribution in [1.29, 1.82) is 0 Å². The lowest BCUT2D eigenvalue weighted by molar-refractivity contribution is -0.148. The van der Waals surface area contributed by atoms with Crippen LogP contribution in [0.4, 0.5) is 5.82 Å². The Balaban J connectivity index is 1.40. The molecule has 9 nitrogen and oxygen atoms in total. The highest BCUT2D eigenvalue weighted by atomic mass is 16.4. The van der Waals surface area contributed by atoms with Crippen molar-refractivity contribution in [3.63, 3.8) is 0 Å². The summed E-state index contributed by atoms with van der Waals surface area (Å²) in [5.41, 5.74) is 8.40. The lowest BCUT2D eigenvalue weighted by Gasteiger charge is -2.40. The number of aliphatic carboxylic acids is 1. The minimum Gasteiger partial charge on any atom is -0.481 e. The van der Waals surface area contributed by atoms with Gasteiger partial charge in [-0.25, -0.2) is 4.98 Å². The van der Waals surface area contributed by atoms with E-state index >= 15 is 0 Å². The predicted octanol–water partition coefficient (Wildman–Crippen LogP) is 8.06. The van der Waals surface area contributed by atoms with Crippen LogP contribution in [0.15, 0.2) is 42.7 Å². The molecule has 2 aliphatic carbocycles. The second-order valence-corrected chi connectivity index (χ2v) is 17.7. The maximum atomic E-state index is 12.8. The van der Waals surface area contributed by atoms with E-state index in [1.54, 1.807) is 6.20 Å². The summed E-state index contributed by atoms with van der Waals surface area (Å²) in [5, 5.41) is 48.7. The van der Waals surface area contributed by atoms with E-state index in [0.29, 0.717) is 55.8 Å². The van der Waals surface area contributed by atoms with Gasteiger partial charge in [-0.3, -0.25) is 4.79 Å². The van der Waals surface area contributed by atoms with Gasteiger partial charge in [0.1, 0.15) is 5.82 Å². The Labute approximate surface area is 326 Å². The molecule has 1 fully saturated rings. The van der Waals surface area contributed by atoms with Crippen LogP contribution in [0.3, 0.4) is 0 Å². The zero-order chi connectivity index (χ0) is 39.3. The molecule has 9 heteroatoms. The van der Waals surface area contributed by atoms with Gasteiger partial charge in [-0.2, -0.15) is 0 Å². The van der Waals surface area contributed by atoms with E-state index in [1.807, 2.05) is 19.2 Å². The summed E-state index contributed by atoms with van der Waals surface area (Å²) in [6.07, 6.45) is 20.5. The minimum absolute atomic E-state index is 0.0711. The second kappa shape index (κ2) is 21.5. The summed E-state index contributed by atoms with van der Waals surface area (Å²) in [6.45, 7) is 9.45. The van der Waals surface area contributed by atoms with Crippen molar-refractivity contribution >= 4 is 11.8 Å². The summed E-state index contributed by atoms with van der Waals surface area (Å²) in [6, 6.07) is 6.15. The normalized spacial score (nSPS) is 26.6. The SMILES string of the molecule is CCCCCC1C=CC(CCCCCC(C(=O)O)C(O)CC(CNC)C2(O)CC(Cc3ccnc(N)c3)CC2Cc2cc(C(C)CC(C)C)c[nH]2)C(O)C1. The maximum Gasteiger partial charge on any atom is 0.309 e. The van der Waals surface area contributed by atoms with Gasteiger partial charge in [0.05, 0.1) is 23.7 Å². The van der Waals surface area contributed by atoms with Crippen LogP contribution >= 0.6 is 0 Å². The number of pyridine rings is 1. The Bertz CT molecular complexity index is 1430. The number of hydrogen-bond donors (Lipinski definition) is 7. The first-order valence-electron chi connectivity index (χ1n) is 21.3. The molecule has 2 aromatic heterocycles. The van der Waals surface area contributed by atoms with Crippen LogP contribution in [0.1, 0.15) is 140 Å². The summed E-state index contributed by atoms with van der Waals surface area (Å²) in [5.74, 6) is 0.0675. The first kappa shape index (κ1) is 44.0. The second-order valence-electron chi connectivity index (χ2n) is 17.7. The van der Waals surface area contributed by atoms with Crippen LogP contribution in [-0.2, 0) is 17.6 Å². The molecule has 4 rings (SSSR count). The van der Waals surface area contributed by atoms with Crippen molar-refractivity contribution in [3.8, 4) is 0 Å². The van der Waals surface area contributed by atoms with Crippen molar-refractivity contribution in [2.24, 2.45) is 41.4 Å². The smallest absolute Gasteiger partial charge is 0.309 e. The van der Waals surface area contributed by atoms with E-state index in [0.717, 1.165) is 62.6 Å². The lowest BCUT2D eigenvalue weighted by atomic mass is 9.73. The number of aliphatic hydroxyl groups is 3. The number of nitrogens with zero attached hydrogens (tertiary/aromatic N) is 1. The van der Waals surface area contributed by atoms with Gasteiger partial charge >= 0.3 is 5.97 Å². The average Bonchev–Trinajstić information content (AvgIpc) is 3.71.